The third-order valence-corrected chi connectivity index (χ3v) is 3.49. The second-order valence-corrected chi connectivity index (χ2v) is 5.15. The molecule has 18 heavy (non-hydrogen) atoms. The lowest BCUT2D eigenvalue weighted by Gasteiger charge is -2.35. The largest absolute Gasteiger partial charge is 0.390 e. The number of piperidine rings is 1. The minimum absolute atomic E-state index is 0.0735. The molecule has 3 nitrogen and oxygen atoms in total. The van der Waals surface area contributed by atoms with Crippen molar-refractivity contribution in [1.29, 1.82) is 0 Å². The van der Waals surface area contributed by atoms with Gasteiger partial charge in [0.25, 0.3) is 0 Å². The average molecular weight is 251 g/mol. The van der Waals surface area contributed by atoms with Crippen LogP contribution >= 0.6 is 0 Å². The SMILES string of the molecule is CC1(O)CCN(C(=O)Cc2ccccc2F)CC1. The van der Waals surface area contributed by atoms with Gasteiger partial charge in [0.2, 0.25) is 5.91 Å². The van der Waals surface area contributed by atoms with Crippen LogP contribution in [-0.4, -0.2) is 34.6 Å². The van der Waals surface area contributed by atoms with Crippen molar-refractivity contribution in [2.75, 3.05) is 13.1 Å². The molecule has 0 aliphatic carbocycles. The predicted molar refractivity (Wildman–Crippen MR) is 66.5 cm³/mol. The summed E-state index contributed by atoms with van der Waals surface area (Å²) in [4.78, 5) is 13.7. The second-order valence-electron chi connectivity index (χ2n) is 5.15. The molecule has 0 saturated carbocycles. The maximum absolute atomic E-state index is 13.4. The molecule has 0 radical (unpaired) electrons. The quantitative estimate of drug-likeness (QED) is 0.869. The molecule has 0 unspecified atom stereocenters. The van der Waals surface area contributed by atoms with Gasteiger partial charge < -0.3 is 10.0 Å². The Morgan fingerprint density at radius 3 is 2.61 bits per heavy atom. The first kappa shape index (κ1) is 13.0. The number of hydrogen-bond donors (Lipinski definition) is 1. The summed E-state index contributed by atoms with van der Waals surface area (Å²) in [5.41, 5.74) is -0.241. The second kappa shape index (κ2) is 5.06. The van der Waals surface area contributed by atoms with Crippen molar-refractivity contribution in [2.24, 2.45) is 0 Å². The van der Waals surface area contributed by atoms with Crippen molar-refractivity contribution in [2.45, 2.75) is 31.8 Å². The van der Waals surface area contributed by atoms with Gasteiger partial charge in [0.1, 0.15) is 5.82 Å². The van der Waals surface area contributed by atoms with Crippen LogP contribution in [0.5, 0.6) is 0 Å². The molecule has 1 N–H and O–H groups in total. The number of hydrogen-bond acceptors (Lipinski definition) is 2. The van der Waals surface area contributed by atoms with E-state index >= 15 is 0 Å². The van der Waals surface area contributed by atoms with Gasteiger partial charge in [-0.2, -0.15) is 0 Å². The lowest BCUT2D eigenvalue weighted by atomic mass is 9.93. The molecule has 2 rings (SSSR count). The molecule has 98 valence electrons. The van der Waals surface area contributed by atoms with E-state index < -0.39 is 5.60 Å². The lowest BCUT2D eigenvalue weighted by molar-refractivity contribution is -0.134. The van der Waals surface area contributed by atoms with Crippen LogP contribution in [0.2, 0.25) is 0 Å². The highest BCUT2D eigenvalue weighted by Crippen LogP contribution is 2.21. The van der Waals surface area contributed by atoms with Crippen molar-refractivity contribution in [3.05, 3.63) is 35.6 Å². The Labute approximate surface area is 106 Å². The van der Waals surface area contributed by atoms with E-state index in [9.17, 15) is 14.3 Å². The zero-order valence-electron chi connectivity index (χ0n) is 10.5. The van der Waals surface area contributed by atoms with Gasteiger partial charge >= 0.3 is 0 Å². The molecule has 1 aliphatic rings. The number of benzene rings is 1. The van der Waals surface area contributed by atoms with Crippen LogP contribution in [0.3, 0.4) is 0 Å². The first-order valence-corrected chi connectivity index (χ1v) is 6.21. The van der Waals surface area contributed by atoms with Crippen molar-refractivity contribution >= 4 is 5.91 Å². The summed E-state index contributed by atoms with van der Waals surface area (Å²) in [6, 6.07) is 6.34. The molecule has 1 amide bonds. The van der Waals surface area contributed by atoms with Crippen molar-refractivity contribution in [3.8, 4) is 0 Å². The summed E-state index contributed by atoms with van der Waals surface area (Å²) >= 11 is 0. The summed E-state index contributed by atoms with van der Waals surface area (Å²) in [5.74, 6) is -0.412. The minimum Gasteiger partial charge on any atom is -0.390 e. The Morgan fingerprint density at radius 1 is 1.39 bits per heavy atom. The van der Waals surface area contributed by atoms with Crippen LogP contribution in [0, 0.1) is 5.82 Å². The number of likely N-dealkylation sites (tertiary alicyclic amines) is 1. The molecule has 0 bridgehead atoms. The summed E-state index contributed by atoms with van der Waals surface area (Å²) in [7, 11) is 0. The smallest absolute Gasteiger partial charge is 0.227 e. The number of rotatable bonds is 2. The van der Waals surface area contributed by atoms with Crippen molar-refractivity contribution in [1.82, 2.24) is 4.90 Å². The van der Waals surface area contributed by atoms with Crippen LogP contribution in [-0.2, 0) is 11.2 Å². The van der Waals surface area contributed by atoms with E-state index in [4.69, 9.17) is 0 Å². The zero-order chi connectivity index (χ0) is 13.2. The standard InChI is InChI=1S/C14H18FNO2/c1-14(18)6-8-16(9-7-14)13(17)10-11-4-2-3-5-12(11)15/h2-5,18H,6-10H2,1H3. The molecule has 1 aliphatic heterocycles. The monoisotopic (exact) mass is 251 g/mol. The molecule has 4 heteroatoms. The number of carbonyl (C=O) groups excluding carboxylic acids is 1. The number of amides is 1. The molecular weight excluding hydrogens is 233 g/mol. The average Bonchev–Trinajstić information content (AvgIpc) is 2.32. The highest BCUT2D eigenvalue weighted by atomic mass is 19.1. The molecule has 1 fully saturated rings. The van der Waals surface area contributed by atoms with Crippen molar-refractivity contribution < 1.29 is 14.3 Å². The van der Waals surface area contributed by atoms with Crippen molar-refractivity contribution in [3.63, 3.8) is 0 Å². The van der Waals surface area contributed by atoms with E-state index in [2.05, 4.69) is 0 Å². The zero-order valence-corrected chi connectivity index (χ0v) is 10.5. The Balaban J connectivity index is 1.95. The van der Waals surface area contributed by atoms with E-state index in [1.54, 1.807) is 30.0 Å². The van der Waals surface area contributed by atoms with Gasteiger partial charge in [-0.1, -0.05) is 18.2 Å². The van der Waals surface area contributed by atoms with E-state index in [1.807, 2.05) is 0 Å². The molecule has 1 aromatic rings. The van der Waals surface area contributed by atoms with Gasteiger partial charge in [-0.3, -0.25) is 4.79 Å². The Hall–Kier alpha value is -1.42. The summed E-state index contributed by atoms with van der Waals surface area (Å²) < 4.78 is 13.4. The van der Waals surface area contributed by atoms with Gasteiger partial charge in [-0.25, -0.2) is 4.39 Å². The fourth-order valence-electron chi connectivity index (χ4n) is 2.15. The topological polar surface area (TPSA) is 40.5 Å². The number of halogens is 1. The fourth-order valence-corrected chi connectivity index (χ4v) is 2.15. The highest BCUT2D eigenvalue weighted by molar-refractivity contribution is 5.78. The Morgan fingerprint density at radius 2 is 2.00 bits per heavy atom. The Bertz CT molecular complexity index is 435. The highest BCUT2D eigenvalue weighted by Gasteiger charge is 2.29. The molecule has 0 atom stereocenters. The van der Waals surface area contributed by atoms with Crippen LogP contribution in [0.4, 0.5) is 4.39 Å². The van der Waals surface area contributed by atoms with E-state index in [0.29, 0.717) is 31.5 Å². The number of carbonyl (C=O) groups is 1. The van der Waals surface area contributed by atoms with Gasteiger partial charge in [-0.15, -0.1) is 0 Å². The van der Waals surface area contributed by atoms with Crippen LogP contribution in [0.15, 0.2) is 24.3 Å². The van der Waals surface area contributed by atoms with E-state index in [0.717, 1.165) is 0 Å². The maximum Gasteiger partial charge on any atom is 0.227 e. The van der Waals surface area contributed by atoms with Gasteiger partial charge in [0.15, 0.2) is 0 Å². The van der Waals surface area contributed by atoms with Gasteiger partial charge in [0, 0.05) is 13.1 Å². The third kappa shape index (κ3) is 3.07. The van der Waals surface area contributed by atoms with E-state index in [1.165, 1.54) is 6.07 Å². The Kier molecular flexibility index (Phi) is 3.66. The molecule has 0 aromatic heterocycles. The first-order valence-electron chi connectivity index (χ1n) is 6.21. The lowest BCUT2D eigenvalue weighted by Crippen LogP contribution is -2.45. The third-order valence-electron chi connectivity index (χ3n) is 3.49. The molecule has 0 spiro atoms. The summed E-state index contributed by atoms with van der Waals surface area (Å²) in [6.45, 7) is 2.87. The molecule has 1 aromatic carbocycles. The number of aliphatic hydroxyl groups is 1. The van der Waals surface area contributed by atoms with Crippen LogP contribution in [0.25, 0.3) is 0 Å². The van der Waals surface area contributed by atoms with E-state index in [-0.39, 0.29) is 18.1 Å². The van der Waals surface area contributed by atoms with Gasteiger partial charge in [0.05, 0.1) is 12.0 Å². The molecular formula is C14H18FNO2. The van der Waals surface area contributed by atoms with Crippen LogP contribution < -0.4 is 0 Å². The molecule has 1 heterocycles. The summed E-state index contributed by atoms with van der Waals surface area (Å²) in [6.07, 6.45) is 1.25. The molecule has 1 saturated heterocycles. The van der Waals surface area contributed by atoms with Gasteiger partial charge in [-0.05, 0) is 31.4 Å². The summed E-state index contributed by atoms with van der Waals surface area (Å²) in [5, 5.41) is 9.81. The van der Waals surface area contributed by atoms with Crippen LogP contribution in [0.1, 0.15) is 25.3 Å². The first-order chi connectivity index (χ1) is 8.48. The number of nitrogens with zero attached hydrogens (tertiary/aromatic N) is 1. The fraction of sp³-hybridized carbons (Fsp3) is 0.500. The maximum atomic E-state index is 13.4. The predicted octanol–water partition coefficient (Wildman–Crippen LogP) is 1.74. The minimum atomic E-state index is -0.672. The normalized spacial score (nSPS) is 18.7.